The molecule has 298 valence electrons. The molecule has 2 nitrogen and oxygen atoms in total. The van der Waals surface area contributed by atoms with Gasteiger partial charge in [-0.25, -0.2) is 0 Å². The summed E-state index contributed by atoms with van der Waals surface area (Å²) in [5.74, 6) is 0.220. The van der Waals surface area contributed by atoms with Crippen LogP contribution in [0, 0.1) is 0 Å². The molecule has 0 saturated carbocycles. The highest BCUT2D eigenvalue weighted by molar-refractivity contribution is 6.13. The van der Waals surface area contributed by atoms with Gasteiger partial charge >= 0.3 is 0 Å². The Balaban J connectivity index is 1.03. The number of hydrogen-bond acceptors (Lipinski definition) is 0. The Morgan fingerprint density at radius 2 is 0.609 bits per heavy atom. The normalized spacial score (nSPS) is 14.9. The Labute approximate surface area is 371 Å². The van der Waals surface area contributed by atoms with Gasteiger partial charge in [0.05, 0.1) is 22.1 Å². The van der Waals surface area contributed by atoms with Crippen LogP contribution in [0.3, 0.4) is 0 Å². The number of rotatable bonds is 5. The maximum atomic E-state index is 2.48. The molecule has 3 aliphatic carbocycles. The molecule has 0 N–H and O–H groups in total. The van der Waals surface area contributed by atoms with Gasteiger partial charge < -0.3 is 9.13 Å². The van der Waals surface area contributed by atoms with E-state index in [0.717, 1.165) is 0 Å². The highest BCUT2D eigenvalue weighted by atomic mass is 15.0. The monoisotopic (exact) mass is 812 g/mol. The van der Waals surface area contributed by atoms with Gasteiger partial charge in [-0.15, -0.1) is 0 Å². The topological polar surface area (TPSA) is 9.86 Å². The third-order valence-electron chi connectivity index (χ3n) is 14.3. The van der Waals surface area contributed by atoms with E-state index in [1.807, 2.05) is 0 Å². The minimum absolute atomic E-state index is 0.108. The number of hydrogen-bond donors (Lipinski definition) is 0. The lowest BCUT2D eigenvalue weighted by molar-refractivity contribution is 0.758. The van der Waals surface area contributed by atoms with Crippen LogP contribution in [-0.2, 0) is 0 Å². The number of benzene rings is 10. The Morgan fingerprint density at radius 1 is 0.250 bits per heavy atom. The van der Waals surface area contributed by atoms with E-state index in [1.54, 1.807) is 0 Å². The fourth-order valence-electron chi connectivity index (χ4n) is 11.6. The quantitative estimate of drug-likeness (QED) is 0.164. The van der Waals surface area contributed by atoms with E-state index in [2.05, 4.69) is 240 Å². The molecule has 12 aromatic rings. The van der Waals surface area contributed by atoms with Crippen molar-refractivity contribution in [2.24, 2.45) is 0 Å². The van der Waals surface area contributed by atoms with E-state index in [-0.39, 0.29) is 11.8 Å². The minimum atomic E-state index is 0.108. The second kappa shape index (κ2) is 13.6. The van der Waals surface area contributed by atoms with Crippen molar-refractivity contribution in [3.63, 3.8) is 0 Å². The molecule has 2 aromatic heterocycles. The van der Waals surface area contributed by atoms with Crippen molar-refractivity contribution in [3.8, 4) is 44.8 Å². The Bertz CT molecular complexity index is 3790. The summed E-state index contributed by atoms with van der Waals surface area (Å²) in [6.45, 7) is 0. The largest absolute Gasteiger partial charge is 0.309 e. The van der Waals surface area contributed by atoms with E-state index in [1.165, 1.54) is 122 Å². The maximum Gasteiger partial charge on any atom is 0.0541 e. The predicted molar refractivity (Wildman–Crippen MR) is 266 cm³/mol. The lowest BCUT2D eigenvalue weighted by Gasteiger charge is -2.44. The van der Waals surface area contributed by atoms with Gasteiger partial charge in [-0.3, -0.25) is 0 Å². The van der Waals surface area contributed by atoms with Crippen molar-refractivity contribution >= 4 is 43.6 Å². The van der Waals surface area contributed by atoms with Crippen LogP contribution in [0.25, 0.3) is 88.4 Å². The van der Waals surface area contributed by atoms with Crippen LogP contribution in [0.15, 0.2) is 231 Å². The lowest BCUT2D eigenvalue weighted by Crippen LogP contribution is -2.28. The third kappa shape index (κ3) is 5.02. The second-order valence-corrected chi connectivity index (χ2v) is 17.5. The summed E-state index contributed by atoms with van der Waals surface area (Å²) in [5.41, 5.74) is 23.3. The molecule has 0 spiro atoms. The summed E-state index contributed by atoms with van der Waals surface area (Å²) >= 11 is 0. The predicted octanol–water partition coefficient (Wildman–Crippen LogP) is 15.9. The molecule has 0 amide bonds. The Hall–Kier alpha value is -8.20. The number of nitrogens with zero attached hydrogens (tertiary/aromatic N) is 2. The van der Waals surface area contributed by atoms with Crippen molar-refractivity contribution in [1.82, 2.24) is 9.13 Å². The minimum Gasteiger partial charge on any atom is -0.309 e. The first-order chi connectivity index (χ1) is 31.8. The van der Waals surface area contributed by atoms with Gasteiger partial charge in [0.2, 0.25) is 0 Å². The SMILES string of the molecule is c1ccc(-c2ccc3c(c2)c2cc(-c4ccc(-c5ccc6c(c5)c5ccccc5n6-c5ccccc5)c5c4C4c6ccccc6C5c5ccccc54)ccc2n3-c2ccccc2)cc1. The Kier molecular flexibility index (Phi) is 7.55. The molecule has 2 heterocycles. The van der Waals surface area contributed by atoms with Gasteiger partial charge in [0, 0.05) is 44.8 Å². The van der Waals surface area contributed by atoms with Crippen LogP contribution in [0.2, 0.25) is 0 Å². The van der Waals surface area contributed by atoms with Crippen molar-refractivity contribution < 1.29 is 0 Å². The molecular weight excluding hydrogens is 773 g/mol. The molecule has 0 radical (unpaired) electrons. The molecule has 2 heteroatoms. The molecule has 3 aliphatic rings. The average molecular weight is 813 g/mol. The van der Waals surface area contributed by atoms with Gasteiger partial charge in [-0.05, 0) is 133 Å². The summed E-state index contributed by atoms with van der Waals surface area (Å²) in [4.78, 5) is 0. The van der Waals surface area contributed by atoms with Crippen LogP contribution in [0.5, 0.6) is 0 Å². The van der Waals surface area contributed by atoms with Crippen LogP contribution in [0.4, 0.5) is 0 Å². The zero-order chi connectivity index (χ0) is 41.9. The molecule has 0 aliphatic heterocycles. The first-order valence-corrected chi connectivity index (χ1v) is 22.4. The van der Waals surface area contributed by atoms with E-state index >= 15 is 0 Å². The van der Waals surface area contributed by atoms with Crippen LogP contribution < -0.4 is 0 Å². The van der Waals surface area contributed by atoms with Crippen LogP contribution in [0.1, 0.15) is 45.2 Å². The Morgan fingerprint density at radius 3 is 1.09 bits per heavy atom. The molecule has 0 fully saturated rings. The summed E-state index contributed by atoms with van der Waals surface area (Å²) in [6, 6.07) is 85.9. The van der Waals surface area contributed by atoms with Gasteiger partial charge in [0.1, 0.15) is 0 Å². The zero-order valence-corrected chi connectivity index (χ0v) is 35.0. The molecule has 0 unspecified atom stereocenters. The van der Waals surface area contributed by atoms with Crippen molar-refractivity contribution in [1.29, 1.82) is 0 Å². The number of aromatic nitrogens is 2. The number of fused-ring (bicyclic) bond motifs is 6. The fraction of sp³-hybridized carbons (Fsp3) is 0.0323. The van der Waals surface area contributed by atoms with E-state index in [4.69, 9.17) is 0 Å². The van der Waals surface area contributed by atoms with Gasteiger partial charge in [0.15, 0.2) is 0 Å². The van der Waals surface area contributed by atoms with Gasteiger partial charge in [0.25, 0.3) is 0 Å². The zero-order valence-electron chi connectivity index (χ0n) is 35.0. The molecule has 10 aromatic carbocycles. The molecule has 64 heavy (non-hydrogen) atoms. The van der Waals surface area contributed by atoms with Crippen LogP contribution >= 0.6 is 0 Å². The van der Waals surface area contributed by atoms with E-state index < -0.39 is 0 Å². The standard InChI is InChI=1S/C62H40N2/c1-4-16-39(17-5-1)40-28-33-57-53(36-40)54-38-42(30-35-58(54)64(57)44-20-8-3-9-21-44)46-32-31-45(61-59-48-23-10-12-25-50(48)60(62(46)61)51-26-13-11-24-49(51)59)41-29-34-56-52(37-41)47-22-14-15-27-55(47)63(56)43-18-6-2-7-19-43/h1-38,59-60H. The summed E-state index contributed by atoms with van der Waals surface area (Å²) < 4.78 is 4.84. The lowest BCUT2D eigenvalue weighted by atomic mass is 9.58. The highest BCUT2D eigenvalue weighted by Gasteiger charge is 2.43. The summed E-state index contributed by atoms with van der Waals surface area (Å²) in [7, 11) is 0. The van der Waals surface area contributed by atoms with Crippen molar-refractivity contribution in [2.75, 3.05) is 0 Å². The highest BCUT2D eigenvalue weighted by Crippen LogP contribution is 2.60. The molecule has 15 rings (SSSR count). The average Bonchev–Trinajstić information content (AvgIpc) is 3.88. The number of para-hydroxylation sites is 3. The van der Waals surface area contributed by atoms with Crippen molar-refractivity contribution in [3.05, 3.63) is 264 Å². The smallest absolute Gasteiger partial charge is 0.0541 e. The second-order valence-electron chi connectivity index (χ2n) is 17.5. The fourth-order valence-corrected chi connectivity index (χ4v) is 11.6. The van der Waals surface area contributed by atoms with E-state index in [9.17, 15) is 0 Å². The van der Waals surface area contributed by atoms with Crippen molar-refractivity contribution in [2.45, 2.75) is 11.8 Å². The first-order valence-electron chi connectivity index (χ1n) is 22.4. The van der Waals surface area contributed by atoms with Gasteiger partial charge in [-0.2, -0.15) is 0 Å². The molecule has 0 saturated heterocycles. The third-order valence-corrected chi connectivity index (χ3v) is 14.3. The van der Waals surface area contributed by atoms with Crippen LogP contribution in [-0.4, -0.2) is 9.13 Å². The summed E-state index contributed by atoms with van der Waals surface area (Å²) in [5, 5.41) is 5.05. The molecular formula is C62H40N2. The van der Waals surface area contributed by atoms with E-state index in [0.29, 0.717) is 0 Å². The van der Waals surface area contributed by atoms with Gasteiger partial charge in [-0.1, -0.05) is 164 Å². The summed E-state index contributed by atoms with van der Waals surface area (Å²) in [6.07, 6.45) is 0. The molecule has 2 bridgehead atoms. The first kappa shape index (κ1) is 35.4. The maximum absolute atomic E-state index is 2.48. The molecule has 0 atom stereocenters.